The van der Waals surface area contributed by atoms with E-state index < -0.39 is 0 Å². The van der Waals surface area contributed by atoms with Crippen LogP contribution in [0.3, 0.4) is 0 Å². The molecule has 1 aromatic rings. The van der Waals surface area contributed by atoms with Crippen LogP contribution in [0.1, 0.15) is 12.0 Å². The molecule has 0 spiro atoms. The van der Waals surface area contributed by atoms with Crippen LogP contribution < -0.4 is 15.5 Å². The van der Waals surface area contributed by atoms with E-state index in [1.807, 2.05) is 6.92 Å². The second-order valence-corrected chi connectivity index (χ2v) is 6.00. The van der Waals surface area contributed by atoms with Gasteiger partial charge in [-0.1, -0.05) is 0 Å². The topological polar surface area (TPSA) is 99.7 Å². The Morgan fingerprint density at radius 2 is 2.28 bits per heavy atom. The Labute approximate surface area is 147 Å². The number of morpholine rings is 1. The van der Waals surface area contributed by atoms with E-state index in [1.165, 1.54) is 7.05 Å². The predicted molar refractivity (Wildman–Crippen MR) is 93.4 cm³/mol. The number of nitrogens with zero attached hydrogens (tertiary/aromatic N) is 4. The molecular weight excluding hydrogens is 324 g/mol. The molecular formula is C16H26N6O3. The summed E-state index contributed by atoms with van der Waals surface area (Å²) in [6.07, 6.45) is 3.51. The van der Waals surface area contributed by atoms with Gasteiger partial charge < -0.3 is 25.2 Å². The number of ether oxygens (including phenoxy) is 1. The monoisotopic (exact) mass is 350 g/mol. The summed E-state index contributed by atoms with van der Waals surface area (Å²) in [5.74, 6) is 0.877. The summed E-state index contributed by atoms with van der Waals surface area (Å²) in [7, 11) is 3.29. The number of aromatic nitrogens is 2. The summed E-state index contributed by atoms with van der Waals surface area (Å²) in [5.41, 5.74) is 1.02. The molecule has 1 fully saturated rings. The number of hydrogen-bond acceptors (Lipinski definition) is 6. The maximum atomic E-state index is 12.2. The molecule has 1 aliphatic heterocycles. The first kappa shape index (κ1) is 18.9. The normalized spacial score (nSPS) is 17.1. The van der Waals surface area contributed by atoms with E-state index in [9.17, 15) is 9.59 Å². The third-order valence-electron chi connectivity index (χ3n) is 4.06. The molecule has 1 aliphatic rings. The van der Waals surface area contributed by atoms with E-state index in [-0.39, 0.29) is 24.5 Å². The van der Waals surface area contributed by atoms with Crippen molar-refractivity contribution in [3.8, 4) is 0 Å². The van der Waals surface area contributed by atoms with Gasteiger partial charge >= 0.3 is 6.03 Å². The van der Waals surface area contributed by atoms with Crippen LogP contribution >= 0.6 is 0 Å². The molecule has 3 amide bonds. The van der Waals surface area contributed by atoms with Crippen molar-refractivity contribution in [1.82, 2.24) is 25.5 Å². The van der Waals surface area contributed by atoms with Crippen LogP contribution in [0.2, 0.25) is 0 Å². The molecule has 0 saturated carbocycles. The van der Waals surface area contributed by atoms with E-state index in [4.69, 9.17) is 4.74 Å². The second-order valence-electron chi connectivity index (χ2n) is 6.00. The van der Waals surface area contributed by atoms with Gasteiger partial charge in [0, 0.05) is 58.5 Å². The third kappa shape index (κ3) is 5.56. The lowest BCUT2D eigenvalue weighted by molar-refractivity contribution is -0.131. The fraction of sp³-hybridized carbons (Fsp3) is 0.625. The molecule has 25 heavy (non-hydrogen) atoms. The quantitative estimate of drug-likeness (QED) is 0.735. The number of anilines is 1. The van der Waals surface area contributed by atoms with E-state index in [0.29, 0.717) is 26.2 Å². The summed E-state index contributed by atoms with van der Waals surface area (Å²) < 4.78 is 5.79. The Balaban J connectivity index is 1.82. The number of amides is 3. The van der Waals surface area contributed by atoms with Gasteiger partial charge in [0.15, 0.2) is 0 Å². The largest absolute Gasteiger partial charge is 0.373 e. The average molecular weight is 350 g/mol. The second kappa shape index (κ2) is 9.16. The molecule has 138 valence electrons. The molecule has 2 N–H and O–H groups in total. The van der Waals surface area contributed by atoms with E-state index >= 15 is 0 Å². The van der Waals surface area contributed by atoms with Gasteiger partial charge in [0.2, 0.25) is 5.91 Å². The van der Waals surface area contributed by atoms with Crippen molar-refractivity contribution in [3.63, 3.8) is 0 Å². The lowest BCUT2D eigenvalue weighted by Crippen LogP contribution is -2.48. The van der Waals surface area contributed by atoms with Crippen LogP contribution in [0.15, 0.2) is 12.5 Å². The van der Waals surface area contributed by atoms with Crippen LogP contribution in [-0.4, -0.2) is 79.8 Å². The number of carbonyl (C=O) groups is 2. The van der Waals surface area contributed by atoms with Crippen LogP contribution in [0.4, 0.5) is 10.6 Å². The molecule has 2 heterocycles. The Morgan fingerprint density at radius 3 is 3.00 bits per heavy atom. The number of carbonyl (C=O) groups excluding carboxylic acids is 2. The van der Waals surface area contributed by atoms with Crippen molar-refractivity contribution in [1.29, 1.82) is 0 Å². The molecule has 1 atom stereocenters. The Kier molecular flexibility index (Phi) is 6.93. The number of hydrogen-bond donors (Lipinski definition) is 2. The molecule has 9 nitrogen and oxygen atoms in total. The molecule has 0 bridgehead atoms. The van der Waals surface area contributed by atoms with Crippen molar-refractivity contribution in [2.75, 3.05) is 51.8 Å². The third-order valence-corrected chi connectivity index (χ3v) is 4.06. The van der Waals surface area contributed by atoms with Crippen molar-refractivity contribution >= 4 is 17.8 Å². The Hall–Kier alpha value is -2.42. The predicted octanol–water partition coefficient (Wildman–Crippen LogP) is -0.232. The van der Waals surface area contributed by atoms with Crippen LogP contribution in [0, 0.1) is 6.92 Å². The number of aryl methyl sites for hydroxylation is 1. The number of rotatable bonds is 6. The molecule has 2 rings (SSSR count). The highest BCUT2D eigenvalue weighted by Crippen LogP contribution is 2.18. The summed E-state index contributed by atoms with van der Waals surface area (Å²) in [5, 5.41) is 5.05. The maximum Gasteiger partial charge on any atom is 0.314 e. The summed E-state index contributed by atoms with van der Waals surface area (Å²) >= 11 is 0. The van der Waals surface area contributed by atoms with Gasteiger partial charge in [-0.2, -0.15) is 0 Å². The number of likely N-dealkylation sites (N-methyl/N-ethyl adjacent to an activating group) is 1. The zero-order valence-electron chi connectivity index (χ0n) is 15.0. The van der Waals surface area contributed by atoms with Crippen molar-refractivity contribution in [2.45, 2.75) is 19.4 Å². The first-order valence-corrected chi connectivity index (χ1v) is 8.34. The van der Waals surface area contributed by atoms with E-state index in [2.05, 4.69) is 25.5 Å². The molecule has 9 heteroatoms. The molecule has 0 radical (unpaired) electrons. The molecule has 1 aromatic heterocycles. The molecule has 1 saturated heterocycles. The average Bonchev–Trinajstić information content (AvgIpc) is 2.62. The highest BCUT2D eigenvalue weighted by Gasteiger charge is 2.25. The van der Waals surface area contributed by atoms with Gasteiger partial charge in [0.25, 0.3) is 0 Å². The van der Waals surface area contributed by atoms with Crippen molar-refractivity contribution in [2.24, 2.45) is 0 Å². The summed E-state index contributed by atoms with van der Waals surface area (Å²) in [4.78, 5) is 35.4. The lowest BCUT2D eigenvalue weighted by Gasteiger charge is -2.36. The van der Waals surface area contributed by atoms with Crippen LogP contribution in [0.25, 0.3) is 0 Å². The lowest BCUT2D eigenvalue weighted by atomic mass is 10.2. The van der Waals surface area contributed by atoms with Gasteiger partial charge in [-0.25, -0.2) is 14.8 Å². The first-order valence-electron chi connectivity index (χ1n) is 8.34. The maximum absolute atomic E-state index is 12.2. The smallest absolute Gasteiger partial charge is 0.314 e. The van der Waals surface area contributed by atoms with Crippen molar-refractivity contribution < 1.29 is 14.3 Å². The SMILES string of the molecule is CNC(=O)NCCC(=O)N(C)CC1CN(c2ncncc2C)CCO1. The highest BCUT2D eigenvalue weighted by atomic mass is 16.5. The molecule has 1 unspecified atom stereocenters. The van der Waals surface area contributed by atoms with Crippen molar-refractivity contribution in [3.05, 3.63) is 18.1 Å². The van der Waals surface area contributed by atoms with E-state index in [1.54, 1.807) is 24.5 Å². The summed E-state index contributed by atoms with van der Waals surface area (Å²) in [6, 6.07) is -0.290. The van der Waals surface area contributed by atoms with Gasteiger partial charge in [-0.05, 0) is 6.92 Å². The van der Waals surface area contributed by atoms with Gasteiger partial charge in [0.05, 0.1) is 12.7 Å². The molecule has 0 aromatic carbocycles. The van der Waals surface area contributed by atoms with Gasteiger partial charge in [-0.15, -0.1) is 0 Å². The van der Waals surface area contributed by atoms with E-state index in [0.717, 1.165) is 17.9 Å². The molecule has 0 aliphatic carbocycles. The minimum atomic E-state index is -0.290. The van der Waals surface area contributed by atoms with Gasteiger partial charge in [0.1, 0.15) is 12.1 Å². The van der Waals surface area contributed by atoms with Gasteiger partial charge in [-0.3, -0.25) is 4.79 Å². The zero-order valence-corrected chi connectivity index (χ0v) is 15.0. The standard InChI is InChI=1S/C16H26N6O3/c1-12-8-18-11-20-15(12)22-6-7-25-13(10-22)9-21(3)14(23)4-5-19-16(24)17-2/h8,11,13H,4-7,9-10H2,1-3H3,(H2,17,19,24). The Bertz CT molecular complexity index is 597. The minimum absolute atomic E-state index is 0.0321. The minimum Gasteiger partial charge on any atom is -0.373 e. The number of urea groups is 1. The fourth-order valence-corrected chi connectivity index (χ4v) is 2.72. The fourth-order valence-electron chi connectivity index (χ4n) is 2.72. The number of nitrogens with one attached hydrogen (secondary N) is 2. The van der Waals surface area contributed by atoms with Crippen LogP contribution in [-0.2, 0) is 9.53 Å². The highest BCUT2D eigenvalue weighted by molar-refractivity contribution is 5.78. The Morgan fingerprint density at radius 1 is 1.48 bits per heavy atom. The zero-order chi connectivity index (χ0) is 18.2. The first-order chi connectivity index (χ1) is 12.0. The summed E-state index contributed by atoms with van der Waals surface area (Å²) in [6.45, 7) is 4.82. The van der Waals surface area contributed by atoms with Crippen LogP contribution in [0.5, 0.6) is 0 Å².